The number of hydrogen-bond donors (Lipinski definition) is 1. The Morgan fingerprint density at radius 2 is 2.21 bits per heavy atom. The van der Waals surface area contributed by atoms with Crippen molar-refractivity contribution in [2.24, 2.45) is 5.92 Å². The van der Waals surface area contributed by atoms with Crippen LogP contribution in [0.15, 0.2) is 12.3 Å². The van der Waals surface area contributed by atoms with Crippen LogP contribution in [-0.4, -0.2) is 35.4 Å². The number of nitrogens with one attached hydrogen (secondary N) is 1. The fraction of sp³-hybridized carbons (Fsp3) is 0.571. The van der Waals surface area contributed by atoms with Gasteiger partial charge in [0.2, 0.25) is 0 Å². The predicted molar refractivity (Wildman–Crippen MR) is 72.6 cm³/mol. The van der Waals surface area contributed by atoms with E-state index in [1.807, 2.05) is 11.8 Å². The molecule has 0 bridgehead atoms. The first-order valence-electron chi connectivity index (χ1n) is 6.67. The summed E-state index contributed by atoms with van der Waals surface area (Å²) >= 11 is 0. The van der Waals surface area contributed by atoms with Crippen molar-refractivity contribution in [2.75, 3.05) is 18.9 Å². The molecular weight excluding hydrogens is 245 g/mol. The summed E-state index contributed by atoms with van der Waals surface area (Å²) in [6, 6.07) is 1.45. The van der Waals surface area contributed by atoms with Crippen LogP contribution in [0.25, 0.3) is 0 Å². The molecule has 2 heterocycles. The molecule has 5 heteroatoms. The number of piperidine rings is 1. The summed E-state index contributed by atoms with van der Waals surface area (Å²) in [6.45, 7) is 4.89. The molecule has 19 heavy (non-hydrogen) atoms. The smallest absolute Gasteiger partial charge is 0.257 e. The van der Waals surface area contributed by atoms with Crippen LogP contribution in [-0.2, 0) is 0 Å². The van der Waals surface area contributed by atoms with Crippen LogP contribution in [0.2, 0.25) is 0 Å². The van der Waals surface area contributed by atoms with E-state index < -0.39 is 5.82 Å². The van der Waals surface area contributed by atoms with Crippen molar-refractivity contribution in [2.45, 2.75) is 32.7 Å². The first-order valence-corrected chi connectivity index (χ1v) is 6.67. The zero-order valence-electron chi connectivity index (χ0n) is 11.6. The molecule has 2 atom stereocenters. The van der Waals surface area contributed by atoms with E-state index in [0.717, 1.165) is 25.6 Å². The van der Waals surface area contributed by atoms with Crippen LogP contribution in [0.4, 0.5) is 10.2 Å². The van der Waals surface area contributed by atoms with E-state index in [0.29, 0.717) is 17.3 Å². The largest absolute Gasteiger partial charge is 0.372 e. The lowest BCUT2D eigenvalue weighted by Crippen LogP contribution is -2.45. The Hall–Kier alpha value is -1.65. The van der Waals surface area contributed by atoms with Gasteiger partial charge in [-0.15, -0.1) is 0 Å². The zero-order chi connectivity index (χ0) is 14.0. The number of amides is 1. The molecule has 2 rings (SSSR count). The van der Waals surface area contributed by atoms with Gasteiger partial charge in [0, 0.05) is 19.6 Å². The molecule has 1 amide bonds. The number of hydrogen-bond acceptors (Lipinski definition) is 3. The number of anilines is 1. The standard InChI is InChI=1S/C14H20FN3O/c1-9-4-5-10(2)18(8-9)14(19)12-6-11(15)7-17-13(12)16-3/h6-7,9-10H,4-5,8H2,1-3H3,(H,16,17). The SMILES string of the molecule is CNc1ncc(F)cc1C(=O)N1CC(C)CCC1C. The number of halogens is 1. The topological polar surface area (TPSA) is 45.2 Å². The summed E-state index contributed by atoms with van der Waals surface area (Å²) < 4.78 is 13.3. The summed E-state index contributed by atoms with van der Waals surface area (Å²) in [7, 11) is 1.68. The maximum atomic E-state index is 13.3. The molecule has 2 unspecified atom stereocenters. The normalized spacial score (nSPS) is 23.3. The third-order valence-electron chi connectivity index (χ3n) is 3.70. The highest BCUT2D eigenvalue weighted by molar-refractivity contribution is 5.99. The van der Waals surface area contributed by atoms with Crippen LogP contribution >= 0.6 is 0 Å². The Morgan fingerprint density at radius 1 is 1.47 bits per heavy atom. The highest BCUT2D eigenvalue weighted by Gasteiger charge is 2.29. The number of rotatable bonds is 2. The number of carbonyl (C=O) groups excluding carboxylic acids is 1. The van der Waals surface area contributed by atoms with E-state index in [1.165, 1.54) is 6.07 Å². The molecule has 1 N–H and O–H groups in total. The number of nitrogens with zero attached hydrogens (tertiary/aromatic N) is 2. The van der Waals surface area contributed by atoms with Crippen LogP contribution in [0.3, 0.4) is 0 Å². The molecule has 0 saturated carbocycles. The third kappa shape index (κ3) is 2.85. The second-order valence-electron chi connectivity index (χ2n) is 5.29. The predicted octanol–water partition coefficient (Wildman–Crippen LogP) is 2.52. The summed E-state index contributed by atoms with van der Waals surface area (Å²) in [5.74, 6) is 0.284. The van der Waals surface area contributed by atoms with Gasteiger partial charge in [0.05, 0.1) is 11.8 Å². The van der Waals surface area contributed by atoms with Crippen LogP contribution in [0.1, 0.15) is 37.0 Å². The van der Waals surface area contributed by atoms with E-state index in [1.54, 1.807) is 7.05 Å². The van der Waals surface area contributed by atoms with Gasteiger partial charge in [-0.2, -0.15) is 0 Å². The third-order valence-corrected chi connectivity index (χ3v) is 3.70. The second kappa shape index (κ2) is 5.55. The minimum absolute atomic E-state index is 0.143. The molecule has 1 aromatic heterocycles. The highest BCUT2D eigenvalue weighted by Crippen LogP contribution is 2.25. The van der Waals surface area contributed by atoms with Gasteiger partial charge >= 0.3 is 0 Å². The van der Waals surface area contributed by atoms with Crippen molar-refractivity contribution in [3.8, 4) is 0 Å². The lowest BCUT2D eigenvalue weighted by Gasteiger charge is -2.37. The van der Waals surface area contributed by atoms with Crippen molar-refractivity contribution in [1.82, 2.24) is 9.88 Å². The van der Waals surface area contributed by atoms with Crippen LogP contribution in [0, 0.1) is 11.7 Å². The van der Waals surface area contributed by atoms with E-state index in [9.17, 15) is 9.18 Å². The maximum absolute atomic E-state index is 13.3. The number of pyridine rings is 1. The Kier molecular flexibility index (Phi) is 4.02. The van der Waals surface area contributed by atoms with Gasteiger partial charge < -0.3 is 10.2 Å². The van der Waals surface area contributed by atoms with Gasteiger partial charge in [-0.1, -0.05) is 6.92 Å². The molecule has 1 aliphatic rings. The summed E-state index contributed by atoms with van der Waals surface area (Å²) in [6.07, 6.45) is 3.24. The summed E-state index contributed by atoms with van der Waals surface area (Å²) in [5.41, 5.74) is 0.309. The molecule has 104 valence electrons. The van der Waals surface area contributed by atoms with Crippen molar-refractivity contribution in [3.63, 3.8) is 0 Å². The van der Waals surface area contributed by atoms with Gasteiger partial charge in [0.15, 0.2) is 0 Å². The van der Waals surface area contributed by atoms with E-state index in [4.69, 9.17) is 0 Å². The quantitative estimate of drug-likeness (QED) is 0.893. The first-order chi connectivity index (χ1) is 9.02. The molecule has 0 aromatic carbocycles. The summed E-state index contributed by atoms with van der Waals surface area (Å²) in [4.78, 5) is 18.3. The van der Waals surface area contributed by atoms with Crippen molar-refractivity contribution >= 4 is 11.7 Å². The van der Waals surface area contributed by atoms with Gasteiger partial charge in [-0.25, -0.2) is 9.37 Å². The van der Waals surface area contributed by atoms with E-state index in [2.05, 4.69) is 17.2 Å². The molecule has 1 aromatic rings. The van der Waals surface area contributed by atoms with Crippen LogP contribution < -0.4 is 5.32 Å². The van der Waals surface area contributed by atoms with Crippen molar-refractivity contribution in [1.29, 1.82) is 0 Å². The second-order valence-corrected chi connectivity index (χ2v) is 5.29. The van der Waals surface area contributed by atoms with Gasteiger partial charge in [-0.05, 0) is 31.7 Å². The molecule has 1 saturated heterocycles. The lowest BCUT2D eigenvalue weighted by atomic mass is 9.94. The Morgan fingerprint density at radius 3 is 2.89 bits per heavy atom. The molecule has 0 aliphatic carbocycles. The Balaban J connectivity index is 2.30. The minimum Gasteiger partial charge on any atom is -0.372 e. The molecule has 0 radical (unpaired) electrons. The minimum atomic E-state index is -0.486. The number of likely N-dealkylation sites (tertiary alicyclic amines) is 1. The number of carbonyl (C=O) groups is 1. The molecular formula is C14H20FN3O. The van der Waals surface area contributed by atoms with E-state index >= 15 is 0 Å². The van der Waals surface area contributed by atoms with Crippen LogP contribution in [0.5, 0.6) is 0 Å². The number of aromatic nitrogens is 1. The molecule has 1 aliphatic heterocycles. The van der Waals surface area contributed by atoms with Crippen molar-refractivity contribution < 1.29 is 9.18 Å². The monoisotopic (exact) mass is 265 g/mol. The fourth-order valence-corrected chi connectivity index (χ4v) is 2.53. The Labute approximate surface area is 113 Å². The van der Waals surface area contributed by atoms with Gasteiger partial charge in [0.25, 0.3) is 5.91 Å². The highest BCUT2D eigenvalue weighted by atomic mass is 19.1. The first kappa shape index (κ1) is 13.8. The lowest BCUT2D eigenvalue weighted by molar-refractivity contribution is 0.0574. The van der Waals surface area contributed by atoms with E-state index in [-0.39, 0.29) is 11.9 Å². The molecule has 0 spiro atoms. The van der Waals surface area contributed by atoms with Crippen molar-refractivity contribution in [3.05, 3.63) is 23.6 Å². The average molecular weight is 265 g/mol. The molecule has 1 fully saturated rings. The maximum Gasteiger partial charge on any atom is 0.257 e. The fourth-order valence-electron chi connectivity index (χ4n) is 2.53. The zero-order valence-corrected chi connectivity index (χ0v) is 11.6. The average Bonchev–Trinajstić information content (AvgIpc) is 2.40. The Bertz CT molecular complexity index is 478. The summed E-state index contributed by atoms with van der Waals surface area (Å²) in [5, 5.41) is 2.84. The molecule has 4 nitrogen and oxygen atoms in total. The van der Waals surface area contributed by atoms with Gasteiger partial charge in [-0.3, -0.25) is 4.79 Å². The van der Waals surface area contributed by atoms with Gasteiger partial charge in [0.1, 0.15) is 11.6 Å².